The Morgan fingerprint density at radius 3 is 2.20 bits per heavy atom. The molecule has 0 radical (unpaired) electrons. The van der Waals surface area contributed by atoms with Crippen LogP contribution in [-0.4, -0.2) is 44.2 Å². The van der Waals surface area contributed by atoms with E-state index in [4.69, 9.17) is 9.47 Å². The summed E-state index contributed by atoms with van der Waals surface area (Å²) in [4.78, 5) is 23.3. The Kier molecular flexibility index (Phi) is 6.36. The van der Waals surface area contributed by atoms with E-state index in [1.54, 1.807) is 25.3 Å². The molecule has 0 unspecified atom stereocenters. The average Bonchev–Trinajstić information content (AvgIpc) is 2.74. The van der Waals surface area contributed by atoms with Crippen LogP contribution in [0, 0.1) is 6.92 Å². The summed E-state index contributed by atoms with van der Waals surface area (Å²) in [5.74, 6) is 3.04. The molecular formula is C22H25N5O3. The van der Waals surface area contributed by atoms with Gasteiger partial charge in [-0.05, 0) is 49.4 Å². The fraction of sp³-hybridized carbons (Fsp3) is 0.227. The van der Waals surface area contributed by atoms with E-state index in [-0.39, 0.29) is 5.91 Å². The van der Waals surface area contributed by atoms with Crippen molar-refractivity contribution in [2.75, 3.05) is 43.8 Å². The molecule has 2 aromatic carbocycles. The number of hydrogen-bond donors (Lipinski definition) is 2. The number of nitrogens with zero attached hydrogens (tertiary/aromatic N) is 3. The molecule has 0 saturated carbocycles. The maximum Gasteiger partial charge on any atom is 0.255 e. The van der Waals surface area contributed by atoms with E-state index >= 15 is 0 Å². The van der Waals surface area contributed by atoms with Crippen LogP contribution in [0.1, 0.15) is 16.2 Å². The summed E-state index contributed by atoms with van der Waals surface area (Å²) in [6.07, 6.45) is 0. The van der Waals surface area contributed by atoms with E-state index in [1.807, 2.05) is 56.3 Å². The first-order valence-corrected chi connectivity index (χ1v) is 9.33. The minimum absolute atomic E-state index is 0.237. The molecule has 2 N–H and O–H groups in total. The third-order valence-corrected chi connectivity index (χ3v) is 4.34. The zero-order chi connectivity index (χ0) is 21.7. The molecule has 1 aromatic heterocycles. The highest BCUT2D eigenvalue weighted by molar-refractivity contribution is 6.04. The van der Waals surface area contributed by atoms with E-state index in [0.717, 1.165) is 11.5 Å². The summed E-state index contributed by atoms with van der Waals surface area (Å²) in [5.41, 5.74) is 2.00. The number of ether oxygens (including phenoxy) is 2. The molecule has 8 heteroatoms. The lowest BCUT2D eigenvalue weighted by Gasteiger charge is -2.14. The molecule has 0 atom stereocenters. The number of hydrogen-bond acceptors (Lipinski definition) is 7. The highest BCUT2D eigenvalue weighted by atomic mass is 16.5. The van der Waals surface area contributed by atoms with Gasteiger partial charge in [0.05, 0.1) is 14.2 Å². The van der Waals surface area contributed by atoms with Gasteiger partial charge in [-0.15, -0.1) is 0 Å². The summed E-state index contributed by atoms with van der Waals surface area (Å²) >= 11 is 0. The fourth-order valence-electron chi connectivity index (χ4n) is 2.81. The Balaban J connectivity index is 1.70. The smallest absolute Gasteiger partial charge is 0.255 e. The van der Waals surface area contributed by atoms with Gasteiger partial charge in [-0.2, -0.15) is 0 Å². The molecule has 1 amide bonds. The van der Waals surface area contributed by atoms with Crippen molar-refractivity contribution in [2.24, 2.45) is 0 Å². The molecule has 8 nitrogen and oxygen atoms in total. The normalized spacial score (nSPS) is 10.3. The summed E-state index contributed by atoms with van der Waals surface area (Å²) in [7, 11) is 6.95. The van der Waals surface area contributed by atoms with Gasteiger partial charge in [0, 0.05) is 37.1 Å². The van der Waals surface area contributed by atoms with Crippen molar-refractivity contribution in [3.63, 3.8) is 0 Å². The number of nitrogens with one attached hydrogen (secondary N) is 2. The van der Waals surface area contributed by atoms with Crippen LogP contribution < -0.4 is 25.0 Å². The lowest BCUT2D eigenvalue weighted by molar-refractivity contribution is 0.102. The molecule has 30 heavy (non-hydrogen) atoms. The van der Waals surface area contributed by atoms with E-state index < -0.39 is 0 Å². The lowest BCUT2D eigenvalue weighted by Crippen LogP contribution is -2.12. The molecule has 0 spiro atoms. The van der Waals surface area contributed by atoms with Crippen molar-refractivity contribution < 1.29 is 14.3 Å². The Morgan fingerprint density at radius 1 is 0.900 bits per heavy atom. The van der Waals surface area contributed by atoms with Gasteiger partial charge in [-0.1, -0.05) is 0 Å². The van der Waals surface area contributed by atoms with Crippen LogP contribution in [0.25, 0.3) is 0 Å². The van der Waals surface area contributed by atoms with Crippen LogP contribution in [0.5, 0.6) is 11.5 Å². The SMILES string of the molecule is COc1ccc(C(=O)Nc2ccc(Nc3cc(N(C)C)nc(C)n3)cc2)cc1OC. The Morgan fingerprint density at radius 2 is 1.57 bits per heavy atom. The summed E-state index contributed by atoms with van der Waals surface area (Å²) in [5, 5.41) is 6.13. The summed E-state index contributed by atoms with van der Waals surface area (Å²) < 4.78 is 10.5. The number of methoxy groups -OCH3 is 2. The van der Waals surface area contributed by atoms with E-state index in [2.05, 4.69) is 20.6 Å². The van der Waals surface area contributed by atoms with Gasteiger partial charge in [0.2, 0.25) is 0 Å². The molecule has 0 aliphatic heterocycles. The van der Waals surface area contributed by atoms with Crippen molar-refractivity contribution in [2.45, 2.75) is 6.92 Å². The summed E-state index contributed by atoms with van der Waals surface area (Å²) in [6, 6.07) is 14.3. The van der Waals surface area contributed by atoms with Crippen LogP contribution in [0.3, 0.4) is 0 Å². The number of aromatic nitrogens is 2. The van der Waals surface area contributed by atoms with Crippen LogP contribution in [0.2, 0.25) is 0 Å². The van der Waals surface area contributed by atoms with Gasteiger partial charge < -0.3 is 25.0 Å². The first-order valence-electron chi connectivity index (χ1n) is 9.33. The number of carbonyl (C=O) groups excluding carboxylic acids is 1. The lowest BCUT2D eigenvalue weighted by atomic mass is 10.1. The molecule has 0 bridgehead atoms. The second-order valence-electron chi connectivity index (χ2n) is 6.78. The van der Waals surface area contributed by atoms with Gasteiger partial charge in [0.15, 0.2) is 11.5 Å². The second kappa shape index (κ2) is 9.13. The maximum absolute atomic E-state index is 12.6. The Hall–Kier alpha value is -3.81. The predicted octanol–water partition coefficient (Wildman–Crippen LogP) is 3.86. The molecule has 0 aliphatic carbocycles. The number of anilines is 4. The van der Waals surface area contributed by atoms with E-state index in [0.29, 0.717) is 34.4 Å². The zero-order valence-electron chi connectivity index (χ0n) is 17.7. The van der Waals surface area contributed by atoms with Crippen molar-refractivity contribution in [3.05, 3.63) is 59.9 Å². The van der Waals surface area contributed by atoms with Gasteiger partial charge in [0.25, 0.3) is 5.91 Å². The number of aryl methyl sites for hydroxylation is 1. The molecule has 3 aromatic rings. The first kappa shape index (κ1) is 20.9. The van der Waals surface area contributed by atoms with Gasteiger partial charge in [-0.3, -0.25) is 4.79 Å². The van der Waals surface area contributed by atoms with Crippen molar-refractivity contribution in [3.8, 4) is 11.5 Å². The highest BCUT2D eigenvalue weighted by Crippen LogP contribution is 2.28. The maximum atomic E-state index is 12.6. The fourth-order valence-corrected chi connectivity index (χ4v) is 2.81. The largest absolute Gasteiger partial charge is 0.493 e. The molecule has 3 rings (SSSR count). The monoisotopic (exact) mass is 407 g/mol. The second-order valence-corrected chi connectivity index (χ2v) is 6.78. The van der Waals surface area contributed by atoms with Crippen LogP contribution >= 0.6 is 0 Å². The van der Waals surface area contributed by atoms with E-state index in [9.17, 15) is 4.79 Å². The topological polar surface area (TPSA) is 88.6 Å². The highest BCUT2D eigenvalue weighted by Gasteiger charge is 2.11. The minimum Gasteiger partial charge on any atom is -0.493 e. The standard InChI is InChI=1S/C22H25N5O3/c1-14-23-20(13-21(24-14)27(2)3)25-16-7-9-17(10-8-16)26-22(28)15-6-11-18(29-4)19(12-15)30-5/h6-13H,1-5H3,(H,26,28)(H,23,24,25). The molecule has 1 heterocycles. The molecule has 0 fully saturated rings. The molecule has 0 saturated heterocycles. The number of benzene rings is 2. The predicted molar refractivity (Wildman–Crippen MR) is 118 cm³/mol. The van der Waals surface area contributed by atoms with Crippen LogP contribution in [-0.2, 0) is 0 Å². The first-order chi connectivity index (χ1) is 14.4. The quantitative estimate of drug-likeness (QED) is 0.615. The van der Waals surface area contributed by atoms with Gasteiger partial charge >= 0.3 is 0 Å². The van der Waals surface area contributed by atoms with Crippen molar-refractivity contribution >= 4 is 28.9 Å². The molecule has 0 aliphatic rings. The number of rotatable bonds is 7. The molecule has 156 valence electrons. The summed E-state index contributed by atoms with van der Waals surface area (Å²) in [6.45, 7) is 1.85. The van der Waals surface area contributed by atoms with Gasteiger partial charge in [0.1, 0.15) is 17.5 Å². The number of amides is 1. The zero-order valence-corrected chi connectivity index (χ0v) is 17.7. The minimum atomic E-state index is -0.237. The average molecular weight is 407 g/mol. The van der Waals surface area contributed by atoms with Crippen LogP contribution in [0.15, 0.2) is 48.5 Å². The van der Waals surface area contributed by atoms with Crippen LogP contribution in [0.4, 0.5) is 23.0 Å². The van der Waals surface area contributed by atoms with Gasteiger partial charge in [-0.25, -0.2) is 9.97 Å². The Bertz CT molecular complexity index is 1040. The van der Waals surface area contributed by atoms with E-state index in [1.165, 1.54) is 7.11 Å². The number of carbonyl (C=O) groups is 1. The van der Waals surface area contributed by atoms with Crippen molar-refractivity contribution in [1.29, 1.82) is 0 Å². The Labute approximate surface area is 175 Å². The van der Waals surface area contributed by atoms with Crippen molar-refractivity contribution in [1.82, 2.24) is 9.97 Å². The molecular weight excluding hydrogens is 382 g/mol. The third kappa shape index (κ3) is 4.96. The third-order valence-electron chi connectivity index (χ3n) is 4.34.